The summed E-state index contributed by atoms with van der Waals surface area (Å²) < 4.78 is 14.4. The maximum absolute atomic E-state index is 14.4. The number of benzene rings is 3. The number of aryl methyl sites for hydroxylation is 2. The Morgan fingerprint density at radius 2 is 1.61 bits per heavy atom. The monoisotopic (exact) mass is 801 g/mol. The molecule has 0 bridgehead atoms. The third-order valence-electron chi connectivity index (χ3n) is 9.94. The first-order valence-electron chi connectivity index (χ1n) is 17.1. The van der Waals surface area contributed by atoms with Gasteiger partial charge in [0.25, 0.3) is 0 Å². The van der Waals surface area contributed by atoms with E-state index in [0.717, 1.165) is 58.7 Å². The number of rotatable bonds is 10. The van der Waals surface area contributed by atoms with Gasteiger partial charge in [0.1, 0.15) is 5.82 Å². The van der Waals surface area contributed by atoms with Gasteiger partial charge in [-0.2, -0.15) is 0 Å². The molecule has 1 heterocycles. The van der Waals surface area contributed by atoms with E-state index in [-0.39, 0.29) is 49.3 Å². The van der Waals surface area contributed by atoms with Crippen molar-refractivity contribution in [1.29, 1.82) is 0 Å². The summed E-state index contributed by atoms with van der Waals surface area (Å²) in [6.07, 6.45) is 12.0. The first kappa shape index (κ1) is 37.6. The molecule has 3 nitrogen and oxygen atoms in total. The van der Waals surface area contributed by atoms with Gasteiger partial charge in [0.05, 0.1) is 5.76 Å². The van der Waals surface area contributed by atoms with Crippen LogP contribution in [0.2, 0.25) is 0 Å². The Morgan fingerprint density at radius 3 is 2.22 bits per heavy atom. The van der Waals surface area contributed by atoms with Crippen LogP contribution >= 0.6 is 0 Å². The van der Waals surface area contributed by atoms with Crippen molar-refractivity contribution in [3.63, 3.8) is 0 Å². The number of carbonyl (C=O) groups excluding carboxylic acids is 1. The maximum Gasteiger partial charge on any atom is 0.162 e. The fourth-order valence-electron chi connectivity index (χ4n) is 7.19. The summed E-state index contributed by atoms with van der Waals surface area (Å²) in [5.41, 5.74) is 5.49. The van der Waals surface area contributed by atoms with Gasteiger partial charge in [0, 0.05) is 44.2 Å². The van der Waals surface area contributed by atoms with Crippen LogP contribution < -0.4 is 0 Å². The summed E-state index contributed by atoms with van der Waals surface area (Å²) in [4.78, 5) is 16.5. The number of aromatic nitrogens is 1. The van der Waals surface area contributed by atoms with Crippen molar-refractivity contribution in [1.82, 2.24) is 4.98 Å². The summed E-state index contributed by atoms with van der Waals surface area (Å²) in [6.45, 7) is 14.6. The van der Waals surface area contributed by atoms with Gasteiger partial charge >= 0.3 is 0 Å². The molecule has 249 valence electrons. The van der Waals surface area contributed by atoms with Crippen LogP contribution in [0, 0.1) is 43.5 Å². The van der Waals surface area contributed by atoms with Crippen molar-refractivity contribution >= 4 is 27.3 Å². The molecule has 0 spiro atoms. The number of carbonyl (C=O) groups is 1. The average molecular weight is 801 g/mol. The fraction of sp³-hybridized carbons (Fsp3) is 0.463. The van der Waals surface area contributed by atoms with Crippen LogP contribution in [0.15, 0.2) is 60.5 Å². The molecule has 4 aromatic rings. The molecule has 0 amide bonds. The minimum absolute atomic E-state index is 0. The zero-order chi connectivity index (χ0) is 32.7. The number of hydrogen-bond acceptors (Lipinski definition) is 3. The van der Waals surface area contributed by atoms with Crippen molar-refractivity contribution in [3.8, 4) is 11.3 Å². The minimum atomic E-state index is -0.176. The van der Waals surface area contributed by atoms with E-state index in [0.29, 0.717) is 11.8 Å². The SMILES string of the molecule is CCC(CC)C(=O)C=C(O)C(CC)CC.Cc1[c-]c(-c2nccc3cc(C(C)C4CCCC4)c4cc(F)ccc4c23)cc(C)c1.[Ir]. The molecule has 1 radical (unpaired) electrons. The number of aliphatic hydroxyl groups is 1. The largest absolute Gasteiger partial charge is 0.512 e. The molecule has 46 heavy (non-hydrogen) atoms. The number of ketones is 1. The fourth-order valence-corrected chi connectivity index (χ4v) is 7.19. The molecule has 1 N–H and O–H groups in total. The van der Waals surface area contributed by atoms with Gasteiger partial charge < -0.3 is 10.1 Å². The summed E-state index contributed by atoms with van der Waals surface area (Å²) >= 11 is 0. The molecule has 1 unspecified atom stereocenters. The van der Waals surface area contributed by atoms with Gasteiger partial charge in [-0.3, -0.25) is 4.79 Å². The zero-order valence-electron chi connectivity index (χ0n) is 28.7. The van der Waals surface area contributed by atoms with E-state index in [2.05, 4.69) is 51.1 Å². The number of hydrogen-bond donors (Lipinski definition) is 1. The Balaban J connectivity index is 0.000000309. The van der Waals surface area contributed by atoms with E-state index in [1.165, 1.54) is 48.3 Å². The Kier molecular flexibility index (Phi) is 14.1. The smallest absolute Gasteiger partial charge is 0.162 e. The van der Waals surface area contributed by atoms with E-state index in [1.54, 1.807) is 12.1 Å². The van der Waals surface area contributed by atoms with Crippen molar-refractivity contribution in [3.05, 3.63) is 89.1 Å². The topological polar surface area (TPSA) is 50.2 Å². The Bertz CT molecular complexity index is 1630. The van der Waals surface area contributed by atoms with Gasteiger partial charge in [-0.1, -0.05) is 73.4 Å². The van der Waals surface area contributed by atoms with Crippen molar-refractivity contribution < 1.29 is 34.4 Å². The van der Waals surface area contributed by atoms with E-state index in [1.807, 2.05) is 40.0 Å². The van der Waals surface area contributed by atoms with Crippen LogP contribution in [0.25, 0.3) is 32.8 Å². The number of halogens is 1. The molecule has 5 heteroatoms. The van der Waals surface area contributed by atoms with Crippen LogP contribution in [0.1, 0.15) is 109 Å². The average Bonchev–Trinajstić information content (AvgIpc) is 3.56. The number of fused-ring (bicyclic) bond motifs is 3. The zero-order valence-corrected chi connectivity index (χ0v) is 31.1. The second kappa shape index (κ2) is 17.3. The number of nitrogens with zero attached hydrogens (tertiary/aromatic N) is 1. The molecule has 1 aromatic heterocycles. The van der Waals surface area contributed by atoms with Crippen molar-refractivity contribution in [2.24, 2.45) is 17.8 Å². The molecule has 0 aliphatic heterocycles. The van der Waals surface area contributed by atoms with E-state index >= 15 is 0 Å². The van der Waals surface area contributed by atoms with Crippen molar-refractivity contribution in [2.75, 3.05) is 0 Å². The first-order chi connectivity index (χ1) is 21.6. The van der Waals surface area contributed by atoms with Gasteiger partial charge in [0.2, 0.25) is 0 Å². The first-order valence-corrected chi connectivity index (χ1v) is 17.1. The molecule has 1 atom stereocenters. The third kappa shape index (κ3) is 8.72. The van der Waals surface area contributed by atoms with Crippen LogP contribution in [0.4, 0.5) is 4.39 Å². The van der Waals surface area contributed by atoms with E-state index in [4.69, 9.17) is 4.98 Å². The third-order valence-corrected chi connectivity index (χ3v) is 9.94. The Hall–Kier alpha value is -2.88. The second-order valence-corrected chi connectivity index (χ2v) is 13.0. The summed E-state index contributed by atoms with van der Waals surface area (Å²) in [5.74, 6) is 1.48. The Labute approximate surface area is 289 Å². The van der Waals surface area contributed by atoms with Crippen molar-refractivity contribution in [2.45, 2.75) is 106 Å². The second-order valence-electron chi connectivity index (χ2n) is 13.0. The molecule has 5 rings (SSSR count). The molecule has 1 saturated carbocycles. The van der Waals surface area contributed by atoms with Gasteiger partial charge in [-0.05, 0) is 101 Å². The summed E-state index contributed by atoms with van der Waals surface area (Å²) in [5, 5.41) is 14.1. The van der Waals surface area contributed by atoms with Crippen LogP contribution in [-0.4, -0.2) is 15.9 Å². The summed E-state index contributed by atoms with van der Waals surface area (Å²) in [7, 11) is 0. The van der Waals surface area contributed by atoms with Gasteiger partial charge in [-0.15, -0.1) is 34.9 Å². The predicted octanol–water partition coefficient (Wildman–Crippen LogP) is 11.8. The number of aliphatic hydroxyl groups excluding tert-OH is 1. The van der Waals surface area contributed by atoms with Crippen LogP contribution in [0.3, 0.4) is 0 Å². The maximum atomic E-state index is 14.4. The standard InChI is InChI=1S/C28H27FN.C13H24O2.Ir/c1-17-12-18(2)14-22(13-17)28-27-21(10-11-30-28)15-25(19(3)20-6-4-5-7-20)26-16-23(29)8-9-24(26)27;1-5-10(6-2)12(14)9-13(15)11(7-3)8-4;/h8-13,15-16,19-20H,4-7H2,1-3H3;9-11,14H,5-8H2,1-4H3;/q-1;;. The van der Waals surface area contributed by atoms with Gasteiger partial charge in [-0.25, -0.2) is 4.39 Å². The Morgan fingerprint density at radius 1 is 0.957 bits per heavy atom. The molecule has 3 aromatic carbocycles. The van der Waals surface area contributed by atoms with E-state index < -0.39 is 0 Å². The van der Waals surface area contributed by atoms with Crippen LogP contribution in [-0.2, 0) is 24.9 Å². The van der Waals surface area contributed by atoms with Crippen LogP contribution in [0.5, 0.6) is 0 Å². The molecule has 1 fully saturated rings. The molecule has 1 aliphatic rings. The normalized spacial score (nSPS) is 14.4. The molecular formula is C41H51FIrNO2-. The molecule has 1 aliphatic carbocycles. The van der Waals surface area contributed by atoms with Gasteiger partial charge in [0.15, 0.2) is 5.78 Å². The minimum Gasteiger partial charge on any atom is -0.512 e. The molecular weight excluding hydrogens is 750 g/mol. The summed E-state index contributed by atoms with van der Waals surface area (Å²) in [6, 6.07) is 17.4. The number of pyridine rings is 1. The van der Waals surface area contributed by atoms with E-state index in [9.17, 15) is 14.3 Å². The number of allylic oxidation sites excluding steroid dienone is 2. The quantitative estimate of drug-likeness (QED) is 0.0752. The molecule has 0 saturated heterocycles. The predicted molar refractivity (Wildman–Crippen MR) is 187 cm³/mol.